The Morgan fingerprint density at radius 2 is 2.05 bits per heavy atom. The number of aryl methyl sites for hydroxylation is 1. The third kappa shape index (κ3) is 2.21. The zero-order valence-electron chi connectivity index (χ0n) is 12.3. The van der Waals surface area contributed by atoms with Crippen molar-refractivity contribution in [1.82, 2.24) is 9.78 Å². The van der Waals surface area contributed by atoms with Crippen LogP contribution in [0.15, 0.2) is 12.3 Å². The Bertz CT molecular complexity index is 695. The Labute approximate surface area is 128 Å². The second-order valence-electron chi connectivity index (χ2n) is 5.39. The highest BCUT2D eigenvalue weighted by molar-refractivity contribution is 6.34. The summed E-state index contributed by atoms with van der Waals surface area (Å²) in [7, 11) is 1.81. The molecule has 2 aromatic rings. The van der Waals surface area contributed by atoms with Crippen LogP contribution < -0.4 is 15.2 Å². The highest BCUT2D eigenvalue weighted by Gasteiger charge is 2.26. The van der Waals surface area contributed by atoms with E-state index < -0.39 is 0 Å². The van der Waals surface area contributed by atoms with Gasteiger partial charge in [0.15, 0.2) is 11.5 Å². The smallest absolute Gasteiger partial charge is 0.165 e. The summed E-state index contributed by atoms with van der Waals surface area (Å²) in [5, 5.41) is 4.81. The number of nitrogens with zero attached hydrogens (tertiary/aromatic N) is 2. The molecule has 1 aliphatic rings. The van der Waals surface area contributed by atoms with E-state index in [0.717, 1.165) is 22.4 Å². The third-order valence-corrected chi connectivity index (χ3v) is 3.95. The van der Waals surface area contributed by atoms with Gasteiger partial charge in [0.2, 0.25) is 0 Å². The minimum absolute atomic E-state index is 0.216. The van der Waals surface area contributed by atoms with Crippen molar-refractivity contribution >= 4 is 17.4 Å². The van der Waals surface area contributed by atoms with Crippen molar-refractivity contribution in [3.63, 3.8) is 0 Å². The van der Waals surface area contributed by atoms with Gasteiger partial charge in [-0.25, -0.2) is 0 Å². The molecule has 112 valence electrons. The predicted molar refractivity (Wildman–Crippen MR) is 83.1 cm³/mol. The Morgan fingerprint density at radius 3 is 2.67 bits per heavy atom. The molecule has 3 rings (SSSR count). The van der Waals surface area contributed by atoms with Crippen LogP contribution in [0.5, 0.6) is 11.5 Å². The van der Waals surface area contributed by atoms with Crippen molar-refractivity contribution < 1.29 is 9.47 Å². The maximum absolute atomic E-state index is 6.50. The SMILES string of the molecule is CC(C)c1c2c(cc(Cl)c1-c1cnn(C)c1N)OCCO2. The summed E-state index contributed by atoms with van der Waals surface area (Å²) >= 11 is 6.50. The van der Waals surface area contributed by atoms with Gasteiger partial charge in [0.25, 0.3) is 0 Å². The number of anilines is 1. The van der Waals surface area contributed by atoms with Crippen LogP contribution in [0.3, 0.4) is 0 Å². The molecule has 0 amide bonds. The topological polar surface area (TPSA) is 62.3 Å². The Hall–Kier alpha value is -1.88. The number of aromatic nitrogens is 2. The van der Waals surface area contributed by atoms with Gasteiger partial charge in [-0.1, -0.05) is 25.4 Å². The molecule has 0 saturated carbocycles. The lowest BCUT2D eigenvalue weighted by molar-refractivity contribution is 0.169. The minimum atomic E-state index is 0.216. The maximum Gasteiger partial charge on any atom is 0.165 e. The monoisotopic (exact) mass is 307 g/mol. The van der Waals surface area contributed by atoms with Crippen LogP contribution >= 0.6 is 11.6 Å². The maximum atomic E-state index is 6.50. The first-order valence-corrected chi connectivity index (χ1v) is 7.28. The summed E-state index contributed by atoms with van der Waals surface area (Å²) in [6, 6.07) is 1.80. The molecule has 5 nitrogen and oxygen atoms in total. The molecule has 0 spiro atoms. The molecule has 0 radical (unpaired) electrons. The van der Waals surface area contributed by atoms with Crippen LogP contribution in [0.2, 0.25) is 5.02 Å². The molecule has 0 fully saturated rings. The van der Waals surface area contributed by atoms with Crippen molar-refractivity contribution in [1.29, 1.82) is 0 Å². The van der Waals surface area contributed by atoms with Crippen LogP contribution in [0, 0.1) is 0 Å². The second-order valence-corrected chi connectivity index (χ2v) is 5.80. The van der Waals surface area contributed by atoms with Crippen LogP contribution in [0.1, 0.15) is 25.3 Å². The number of benzene rings is 1. The first-order chi connectivity index (χ1) is 10.0. The summed E-state index contributed by atoms with van der Waals surface area (Å²) in [6.07, 6.45) is 1.73. The summed E-state index contributed by atoms with van der Waals surface area (Å²) in [5.74, 6) is 2.25. The van der Waals surface area contributed by atoms with E-state index in [1.54, 1.807) is 24.0 Å². The zero-order chi connectivity index (χ0) is 15.1. The molecule has 6 heteroatoms. The van der Waals surface area contributed by atoms with E-state index in [9.17, 15) is 0 Å². The first kappa shape index (κ1) is 14.1. The number of rotatable bonds is 2. The molecule has 0 atom stereocenters. The number of nitrogen functional groups attached to an aromatic ring is 1. The first-order valence-electron chi connectivity index (χ1n) is 6.90. The number of halogens is 1. The molecule has 0 bridgehead atoms. The average molecular weight is 308 g/mol. The number of hydrogen-bond acceptors (Lipinski definition) is 4. The lowest BCUT2D eigenvalue weighted by Gasteiger charge is -2.25. The molecule has 0 aliphatic carbocycles. The van der Waals surface area contributed by atoms with Gasteiger partial charge in [-0.15, -0.1) is 0 Å². The molecule has 2 heterocycles. The fourth-order valence-corrected chi connectivity index (χ4v) is 2.95. The van der Waals surface area contributed by atoms with Gasteiger partial charge in [0, 0.05) is 29.8 Å². The fraction of sp³-hybridized carbons (Fsp3) is 0.400. The normalized spacial score (nSPS) is 13.8. The van der Waals surface area contributed by atoms with Crippen LogP contribution in [-0.4, -0.2) is 23.0 Å². The van der Waals surface area contributed by atoms with Crippen LogP contribution in [-0.2, 0) is 7.05 Å². The standard InChI is InChI=1S/C15H18ClN3O2/c1-8(2)12-13(9-7-18-19(3)15(9)17)10(16)6-11-14(12)21-5-4-20-11/h6-8H,4-5,17H2,1-3H3. The Morgan fingerprint density at radius 1 is 1.33 bits per heavy atom. The molecule has 0 unspecified atom stereocenters. The van der Waals surface area contributed by atoms with Gasteiger partial charge in [-0.05, 0) is 5.92 Å². The molecule has 1 aliphatic heterocycles. The Balaban J connectivity index is 2.31. The molecular weight excluding hydrogens is 290 g/mol. The summed E-state index contributed by atoms with van der Waals surface area (Å²) in [4.78, 5) is 0. The fourth-order valence-electron chi connectivity index (χ4n) is 2.64. The van der Waals surface area contributed by atoms with E-state index in [-0.39, 0.29) is 5.92 Å². The number of nitrogens with two attached hydrogens (primary N) is 1. The summed E-state index contributed by atoms with van der Waals surface area (Å²) in [6.45, 7) is 5.27. The van der Waals surface area contributed by atoms with Crippen LogP contribution in [0.4, 0.5) is 5.82 Å². The van der Waals surface area contributed by atoms with E-state index in [2.05, 4.69) is 18.9 Å². The molecule has 21 heavy (non-hydrogen) atoms. The van der Waals surface area contributed by atoms with Crippen molar-refractivity contribution in [3.8, 4) is 22.6 Å². The largest absolute Gasteiger partial charge is 0.486 e. The van der Waals surface area contributed by atoms with Gasteiger partial charge < -0.3 is 15.2 Å². The summed E-state index contributed by atoms with van der Waals surface area (Å²) in [5.41, 5.74) is 8.83. The quantitative estimate of drug-likeness (QED) is 0.925. The minimum Gasteiger partial charge on any atom is -0.486 e. The predicted octanol–water partition coefficient (Wildman–Crippen LogP) is 3.22. The zero-order valence-corrected chi connectivity index (χ0v) is 13.1. The number of fused-ring (bicyclic) bond motifs is 1. The van der Waals surface area contributed by atoms with Gasteiger partial charge in [0.05, 0.1) is 11.2 Å². The molecule has 2 N–H and O–H groups in total. The number of hydrogen-bond donors (Lipinski definition) is 1. The third-order valence-electron chi connectivity index (χ3n) is 3.65. The van der Waals surface area contributed by atoms with E-state index in [1.165, 1.54) is 0 Å². The lowest BCUT2D eigenvalue weighted by atomic mass is 9.91. The molecule has 1 aromatic heterocycles. The van der Waals surface area contributed by atoms with Crippen molar-refractivity contribution in [2.75, 3.05) is 18.9 Å². The highest BCUT2D eigenvalue weighted by atomic mass is 35.5. The number of ether oxygens (including phenoxy) is 2. The second kappa shape index (κ2) is 5.15. The average Bonchev–Trinajstić information content (AvgIpc) is 2.77. The molecule has 0 saturated heterocycles. The van der Waals surface area contributed by atoms with Crippen LogP contribution in [0.25, 0.3) is 11.1 Å². The summed E-state index contributed by atoms with van der Waals surface area (Å²) < 4.78 is 13.1. The van der Waals surface area contributed by atoms with E-state index in [0.29, 0.717) is 29.8 Å². The van der Waals surface area contributed by atoms with Gasteiger partial charge in [0.1, 0.15) is 19.0 Å². The van der Waals surface area contributed by atoms with E-state index >= 15 is 0 Å². The molecule has 1 aromatic carbocycles. The molecular formula is C15H18ClN3O2. The Kier molecular flexibility index (Phi) is 3.45. The van der Waals surface area contributed by atoms with Crippen molar-refractivity contribution in [2.45, 2.75) is 19.8 Å². The van der Waals surface area contributed by atoms with Gasteiger partial charge in [-0.3, -0.25) is 4.68 Å². The van der Waals surface area contributed by atoms with Gasteiger partial charge in [-0.2, -0.15) is 5.10 Å². The van der Waals surface area contributed by atoms with Crippen molar-refractivity contribution in [2.24, 2.45) is 7.05 Å². The highest BCUT2D eigenvalue weighted by Crippen LogP contribution is 2.48. The van der Waals surface area contributed by atoms with Gasteiger partial charge >= 0.3 is 0 Å². The van der Waals surface area contributed by atoms with E-state index in [4.69, 9.17) is 26.8 Å². The van der Waals surface area contributed by atoms with E-state index in [1.807, 2.05) is 0 Å². The lowest BCUT2D eigenvalue weighted by Crippen LogP contribution is -2.17. The van der Waals surface area contributed by atoms with Crippen molar-refractivity contribution in [3.05, 3.63) is 22.8 Å².